The molecule has 0 saturated heterocycles. The first-order valence-electron chi connectivity index (χ1n) is 8.95. The minimum Gasteiger partial charge on any atom is -0.507 e. The molecule has 138 valence electrons. The zero-order valence-electron chi connectivity index (χ0n) is 14.6. The van der Waals surface area contributed by atoms with Crippen molar-refractivity contribution in [3.8, 4) is 34.0 Å². The molecule has 0 bridgehead atoms. The van der Waals surface area contributed by atoms with Crippen molar-refractivity contribution >= 4 is 0 Å². The highest BCUT2D eigenvalue weighted by Crippen LogP contribution is 2.32. The summed E-state index contributed by atoms with van der Waals surface area (Å²) in [5.41, 5.74) is 2.75. The quantitative estimate of drug-likeness (QED) is 0.753. The summed E-state index contributed by atoms with van der Waals surface area (Å²) in [7, 11) is 0. The number of phenols is 1. The van der Waals surface area contributed by atoms with Crippen LogP contribution in [0.25, 0.3) is 22.4 Å². The lowest BCUT2D eigenvalue weighted by molar-refractivity contribution is 0.0594. The number of nitrogens with zero attached hydrogens (tertiary/aromatic N) is 4. The molecule has 4 rings (SSSR count). The summed E-state index contributed by atoms with van der Waals surface area (Å²) in [4.78, 5) is 0. The van der Waals surface area contributed by atoms with Gasteiger partial charge in [0.05, 0.1) is 18.1 Å². The van der Waals surface area contributed by atoms with E-state index in [2.05, 4.69) is 20.4 Å². The van der Waals surface area contributed by atoms with E-state index in [0.717, 1.165) is 24.0 Å². The highest BCUT2D eigenvalue weighted by atomic mass is 19.1. The van der Waals surface area contributed by atoms with Crippen LogP contribution in [0.3, 0.4) is 0 Å². The van der Waals surface area contributed by atoms with E-state index >= 15 is 0 Å². The monoisotopic (exact) mass is 366 g/mol. The molecule has 0 aliphatic heterocycles. The molecule has 1 aromatic carbocycles. The van der Waals surface area contributed by atoms with Gasteiger partial charge in [-0.15, -0.1) is 10.2 Å². The van der Waals surface area contributed by atoms with Gasteiger partial charge >= 0.3 is 0 Å². The number of hydrogen-bond acceptors (Lipinski definition) is 6. The van der Waals surface area contributed by atoms with Gasteiger partial charge in [0, 0.05) is 17.2 Å². The Morgan fingerprint density at radius 1 is 0.963 bits per heavy atom. The fourth-order valence-electron chi connectivity index (χ4n) is 3.26. The van der Waals surface area contributed by atoms with Gasteiger partial charge in [-0.05, 0) is 49.1 Å². The van der Waals surface area contributed by atoms with Gasteiger partial charge in [-0.2, -0.15) is 10.2 Å². The van der Waals surface area contributed by atoms with E-state index in [1.807, 2.05) is 12.1 Å². The summed E-state index contributed by atoms with van der Waals surface area (Å²) in [6, 6.07) is 10.5. The smallest absolute Gasteiger partial charge is 0.233 e. The van der Waals surface area contributed by atoms with Crippen molar-refractivity contribution in [3.05, 3.63) is 48.8 Å². The number of rotatable bonds is 4. The van der Waals surface area contributed by atoms with E-state index in [0.29, 0.717) is 30.0 Å². The van der Waals surface area contributed by atoms with Gasteiger partial charge in [-0.3, -0.25) is 0 Å². The highest BCUT2D eigenvalue weighted by molar-refractivity contribution is 5.73. The van der Waals surface area contributed by atoms with E-state index in [-0.39, 0.29) is 5.75 Å². The van der Waals surface area contributed by atoms with Crippen molar-refractivity contribution in [2.24, 2.45) is 0 Å². The summed E-state index contributed by atoms with van der Waals surface area (Å²) in [5.74, 6) is 0.385. The lowest BCUT2D eigenvalue weighted by atomic mass is 9.96. The fraction of sp³-hybridized carbons (Fsp3) is 0.300. The van der Waals surface area contributed by atoms with Gasteiger partial charge in [0.25, 0.3) is 0 Å². The fourth-order valence-corrected chi connectivity index (χ4v) is 3.26. The van der Waals surface area contributed by atoms with Crippen LogP contribution in [0.1, 0.15) is 25.7 Å². The third-order valence-electron chi connectivity index (χ3n) is 4.73. The summed E-state index contributed by atoms with van der Waals surface area (Å²) < 4.78 is 19.5. The maximum atomic E-state index is 13.9. The summed E-state index contributed by atoms with van der Waals surface area (Å²) in [6.45, 7) is 0. The van der Waals surface area contributed by atoms with Gasteiger partial charge in [0.15, 0.2) is 0 Å². The van der Waals surface area contributed by atoms with E-state index in [1.165, 1.54) is 0 Å². The zero-order chi connectivity index (χ0) is 18.6. The third kappa shape index (κ3) is 3.86. The molecule has 1 aliphatic carbocycles. The van der Waals surface area contributed by atoms with Crippen molar-refractivity contribution in [3.63, 3.8) is 0 Å². The molecule has 0 radical (unpaired) electrons. The number of alkyl halides is 1. The SMILES string of the molecule is Oc1cc(-c2ccnnc2)ccc1-c1ccc(O[C@@H]2CCCC[C@@H]2F)nn1. The number of ether oxygens (including phenoxy) is 1. The maximum absolute atomic E-state index is 13.9. The second-order valence-corrected chi connectivity index (χ2v) is 6.58. The highest BCUT2D eigenvalue weighted by Gasteiger charge is 2.26. The zero-order valence-corrected chi connectivity index (χ0v) is 14.6. The lowest BCUT2D eigenvalue weighted by Crippen LogP contribution is -2.32. The predicted molar refractivity (Wildman–Crippen MR) is 97.9 cm³/mol. The maximum Gasteiger partial charge on any atom is 0.233 e. The van der Waals surface area contributed by atoms with Crippen LogP contribution in [-0.2, 0) is 0 Å². The largest absolute Gasteiger partial charge is 0.507 e. The number of benzene rings is 1. The van der Waals surface area contributed by atoms with Crippen molar-refractivity contribution in [1.29, 1.82) is 0 Å². The molecule has 2 atom stereocenters. The standard InChI is InChI=1S/C20H19FN4O2/c21-16-3-1-2-4-19(16)27-20-8-7-17(24-25-20)15-6-5-13(11-18(15)26)14-9-10-22-23-12-14/h5-12,16,19,26H,1-4H2/t16-,19+/m0/s1. The van der Waals surface area contributed by atoms with Gasteiger partial charge in [0.2, 0.25) is 5.88 Å². The Labute approximate surface area is 156 Å². The van der Waals surface area contributed by atoms with Crippen molar-refractivity contribution in [2.75, 3.05) is 0 Å². The Morgan fingerprint density at radius 3 is 2.56 bits per heavy atom. The van der Waals surface area contributed by atoms with E-state index in [4.69, 9.17) is 4.74 Å². The number of halogens is 1. The number of aromatic hydroxyl groups is 1. The normalized spacial score (nSPS) is 19.6. The molecule has 1 saturated carbocycles. The second-order valence-electron chi connectivity index (χ2n) is 6.58. The van der Waals surface area contributed by atoms with Crippen LogP contribution in [0.15, 0.2) is 48.8 Å². The molecule has 3 aromatic rings. The first-order chi connectivity index (χ1) is 13.2. The first-order valence-corrected chi connectivity index (χ1v) is 8.95. The van der Waals surface area contributed by atoms with Gasteiger partial charge < -0.3 is 9.84 Å². The van der Waals surface area contributed by atoms with Crippen LogP contribution in [0.2, 0.25) is 0 Å². The summed E-state index contributed by atoms with van der Waals surface area (Å²) in [5, 5.41) is 26.1. The van der Waals surface area contributed by atoms with Crippen molar-refractivity contribution < 1.29 is 14.2 Å². The average molecular weight is 366 g/mol. The van der Waals surface area contributed by atoms with E-state index in [1.54, 1.807) is 36.7 Å². The van der Waals surface area contributed by atoms with Crippen molar-refractivity contribution in [2.45, 2.75) is 38.0 Å². The number of hydrogen-bond donors (Lipinski definition) is 1. The first kappa shape index (κ1) is 17.3. The van der Waals surface area contributed by atoms with E-state index < -0.39 is 12.3 Å². The molecule has 0 spiro atoms. The van der Waals surface area contributed by atoms with Gasteiger partial charge in [-0.25, -0.2) is 4.39 Å². The average Bonchev–Trinajstić information content (AvgIpc) is 2.71. The predicted octanol–water partition coefficient (Wildman–Crippen LogP) is 3.97. The molecule has 2 aromatic heterocycles. The minimum atomic E-state index is -0.959. The molecule has 6 nitrogen and oxygen atoms in total. The molecule has 1 aliphatic rings. The third-order valence-corrected chi connectivity index (χ3v) is 4.73. The summed E-state index contributed by atoms with van der Waals surface area (Å²) >= 11 is 0. The van der Waals surface area contributed by atoms with Crippen molar-refractivity contribution in [1.82, 2.24) is 20.4 Å². The topological polar surface area (TPSA) is 81.0 Å². The Hall–Kier alpha value is -3.09. The molecule has 7 heteroatoms. The van der Waals surface area contributed by atoms with Gasteiger partial charge in [0.1, 0.15) is 18.0 Å². The molecule has 1 N–H and O–H groups in total. The summed E-state index contributed by atoms with van der Waals surface area (Å²) in [6.07, 6.45) is 4.89. The van der Waals surface area contributed by atoms with E-state index in [9.17, 15) is 9.50 Å². The number of phenolic OH excluding ortho intramolecular Hbond substituents is 1. The Kier molecular flexibility index (Phi) is 4.91. The molecular weight excluding hydrogens is 347 g/mol. The Bertz CT molecular complexity index is 906. The molecule has 0 amide bonds. The second kappa shape index (κ2) is 7.65. The molecule has 0 unspecified atom stereocenters. The molecule has 2 heterocycles. The number of aromatic nitrogens is 4. The Morgan fingerprint density at radius 2 is 1.85 bits per heavy atom. The van der Waals surface area contributed by atoms with Crippen LogP contribution < -0.4 is 4.74 Å². The van der Waals surface area contributed by atoms with Crippen LogP contribution in [0.5, 0.6) is 11.6 Å². The lowest BCUT2D eigenvalue weighted by Gasteiger charge is -2.25. The molecule has 27 heavy (non-hydrogen) atoms. The van der Waals surface area contributed by atoms with Crippen LogP contribution >= 0.6 is 0 Å². The van der Waals surface area contributed by atoms with Crippen LogP contribution in [-0.4, -0.2) is 37.8 Å². The van der Waals surface area contributed by atoms with Crippen LogP contribution in [0.4, 0.5) is 4.39 Å². The van der Waals surface area contributed by atoms with Crippen LogP contribution in [0, 0.1) is 0 Å². The minimum absolute atomic E-state index is 0.0865. The molecule has 1 fully saturated rings. The Balaban J connectivity index is 1.52. The van der Waals surface area contributed by atoms with Gasteiger partial charge in [-0.1, -0.05) is 12.5 Å². The molecular formula is C20H19FN4O2.